The predicted octanol–water partition coefficient (Wildman–Crippen LogP) is 2.95. The molecule has 0 N–H and O–H groups in total. The lowest BCUT2D eigenvalue weighted by molar-refractivity contribution is -0.00970. The van der Waals surface area contributed by atoms with E-state index in [0.717, 1.165) is 6.42 Å². The molecule has 1 radical (unpaired) electrons. The zero-order valence-corrected chi connectivity index (χ0v) is 7.51. The largest absolute Gasteiger partial charge is 0.375 e. The predicted molar refractivity (Wildman–Crippen MR) is 47.4 cm³/mol. The van der Waals surface area contributed by atoms with Crippen LogP contribution >= 0.6 is 0 Å². The molecule has 65 valence electrons. The molecule has 0 spiro atoms. The first-order valence-corrected chi connectivity index (χ1v) is 4.81. The summed E-state index contributed by atoms with van der Waals surface area (Å²) in [6, 6.07) is 0. The summed E-state index contributed by atoms with van der Waals surface area (Å²) in [5.41, 5.74) is 0. The van der Waals surface area contributed by atoms with E-state index >= 15 is 0 Å². The number of hydrogen-bond donors (Lipinski definition) is 0. The minimum Gasteiger partial charge on any atom is -0.375 e. The Morgan fingerprint density at radius 3 is 2.55 bits per heavy atom. The maximum Gasteiger partial charge on any atom is 0.0578 e. The summed E-state index contributed by atoms with van der Waals surface area (Å²) in [7, 11) is 0. The van der Waals surface area contributed by atoms with Gasteiger partial charge in [0.05, 0.1) is 12.2 Å². The Bertz CT molecular complexity index is 95.0. The Labute approximate surface area is 70.1 Å². The smallest absolute Gasteiger partial charge is 0.0578 e. The molecule has 1 fully saturated rings. The molecule has 0 aromatic rings. The lowest BCUT2D eigenvalue weighted by Crippen LogP contribution is -2.21. The third-order valence-corrected chi connectivity index (χ3v) is 2.39. The number of rotatable bonds is 3. The monoisotopic (exact) mass is 155 g/mol. The van der Waals surface area contributed by atoms with Gasteiger partial charge in [-0.05, 0) is 26.2 Å². The molecule has 0 amide bonds. The van der Waals surface area contributed by atoms with E-state index in [1.807, 2.05) is 0 Å². The first-order chi connectivity index (χ1) is 5.33. The van der Waals surface area contributed by atoms with E-state index < -0.39 is 0 Å². The zero-order valence-electron chi connectivity index (χ0n) is 7.51. The van der Waals surface area contributed by atoms with E-state index in [1.54, 1.807) is 0 Å². The third-order valence-electron chi connectivity index (χ3n) is 2.39. The van der Waals surface area contributed by atoms with Crippen LogP contribution in [-0.4, -0.2) is 12.2 Å². The molecule has 0 bridgehead atoms. The van der Waals surface area contributed by atoms with Gasteiger partial charge in [0, 0.05) is 0 Å². The number of hydrogen-bond acceptors (Lipinski definition) is 1. The lowest BCUT2D eigenvalue weighted by Gasteiger charge is -2.24. The van der Waals surface area contributed by atoms with E-state index in [-0.39, 0.29) is 6.10 Å². The average molecular weight is 155 g/mol. The minimum atomic E-state index is 0.220. The quantitative estimate of drug-likeness (QED) is 0.609. The highest BCUT2D eigenvalue weighted by Crippen LogP contribution is 2.21. The molecule has 1 rings (SSSR count). The van der Waals surface area contributed by atoms with Crippen LogP contribution in [-0.2, 0) is 4.74 Å². The van der Waals surface area contributed by atoms with Crippen LogP contribution in [0, 0.1) is 6.92 Å². The van der Waals surface area contributed by atoms with Gasteiger partial charge in [-0.2, -0.15) is 0 Å². The molecule has 1 heteroatoms. The van der Waals surface area contributed by atoms with Crippen LogP contribution in [0.15, 0.2) is 0 Å². The van der Waals surface area contributed by atoms with Gasteiger partial charge in [-0.15, -0.1) is 0 Å². The molecule has 11 heavy (non-hydrogen) atoms. The number of ether oxygens (including phenoxy) is 1. The second kappa shape index (κ2) is 4.76. The van der Waals surface area contributed by atoms with Crippen molar-refractivity contribution in [3.05, 3.63) is 6.92 Å². The van der Waals surface area contributed by atoms with Crippen molar-refractivity contribution in [3.8, 4) is 0 Å². The second-order valence-corrected chi connectivity index (χ2v) is 3.43. The molecule has 0 aliphatic heterocycles. The molecule has 0 heterocycles. The Hall–Kier alpha value is -0.0400. The summed E-state index contributed by atoms with van der Waals surface area (Å²) in [5, 5.41) is 0. The molecule has 1 saturated carbocycles. The normalized spacial score (nSPS) is 23.5. The van der Waals surface area contributed by atoms with Gasteiger partial charge in [-0.3, -0.25) is 0 Å². The summed E-state index contributed by atoms with van der Waals surface area (Å²) in [6.07, 6.45) is 8.38. The van der Waals surface area contributed by atoms with Crippen molar-refractivity contribution in [2.75, 3.05) is 0 Å². The average Bonchev–Trinajstić information content (AvgIpc) is 2.06. The topological polar surface area (TPSA) is 9.23 Å². The SMILES string of the molecule is [CH2]C(CC)OC1CCCCC1. The van der Waals surface area contributed by atoms with Crippen LogP contribution < -0.4 is 0 Å². The Morgan fingerprint density at radius 2 is 2.00 bits per heavy atom. The maximum absolute atomic E-state index is 5.73. The van der Waals surface area contributed by atoms with Gasteiger partial charge in [0.25, 0.3) is 0 Å². The molecule has 1 aliphatic rings. The van der Waals surface area contributed by atoms with Crippen LogP contribution in [0.5, 0.6) is 0 Å². The highest BCUT2D eigenvalue weighted by Gasteiger charge is 2.15. The van der Waals surface area contributed by atoms with Crippen LogP contribution in [0.2, 0.25) is 0 Å². The molecule has 1 atom stereocenters. The minimum absolute atomic E-state index is 0.220. The van der Waals surface area contributed by atoms with Crippen LogP contribution in [0.1, 0.15) is 45.4 Å². The Morgan fingerprint density at radius 1 is 1.36 bits per heavy atom. The van der Waals surface area contributed by atoms with E-state index in [9.17, 15) is 0 Å². The fourth-order valence-corrected chi connectivity index (χ4v) is 1.57. The highest BCUT2D eigenvalue weighted by molar-refractivity contribution is 4.68. The standard InChI is InChI=1S/C10H19O/c1-3-9(2)11-10-7-5-4-6-8-10/h9-10H,2-8H2,1H3. The summed E-state index contributed by atoms with van der Waals surface area (Å²) >= 11 is 0. The molecule has 1 aliphatic carbocycles. The van der Waals surface area contributed by atoms with Crippen LogP contribution in [0.3, 0.4) is 0 Å². The van der Waals surface area contributed by atoms with E-state index in [0.29, 0.717) is 6.10 Å². The van der Waals surface area contributed by atoms with E-state index in [2.05, 4.69) is 13.8 Å². The van der Waals surface area contributed by atoms with Crippen molar-refractivity contribution in [1.29, 1.82) is 0 Å². The van der Waals surface area contributed by atoms with Crippen molar-refractivity contribution in [3.63, 3.8) is 0 Å². The van der Waals surface area contributed by atoms with Crippen molar-refractivity contribution >= 4 is 0 Å². The van der Waals surface area contributed by atoms with Crippen molar-refractivity contribution < 1.29 is 4.74 Å². The van der Waals surface area contributed by atoms with Gasteiger partial charge in [-0.25, -0.2) is 0 Å². The fourth-order valence-electron chi connectivity index (χ4n) is 1.57. The lowest BCUT2D eigenvalue weighted by atomic mass is 9.97. The van der Waals surface area contributed by atoms with Gasteiger partial charge in [0.1, 0.15) is 0 Å². The highest BCUT2D eigenvalue weighted by atomic mass is 16.5. The van der Waals surface area contributed by atoms with Crippen molar-refractivity contribution in [2.45, 2.75) is 57.7 Å². The first-order valence-electron chi connectivity index (χ1n) is 4.81. The van der Waals surface area contributed by atoms with E-state index in [4.69, 9.17) is 4.74 Å². The Kier molecular flexibility index (Phi) is 3.92. The summed E-state index contributed by atoms with van der Waals surface area (Å²) in [6.45, 7) is 6.05. The van der Waals surface area contributed by atoms with Gasteiger partial charge in [0.15, 0.2) is 0 Å². The van der Waals surface area contributed by atoms with Crippen molar-refractivity contribution in [2.24, 2.45) is 0 Å². The summed E-state index contributed by atoms with van der Waals surface area (Å²) in [5.74, 6) is 0. The summed E-state index contributed by atoms with van der Waals surface area (Å²) < 4.78 is 5.73. The maximum atomic E-state index is 5.73. The molecule has 0 aromatic heterocycles. The van der Waals surface area contributed by atoms with Gasteiger partial charge >= 0.3 is 0 Å². The fraction of sp³-hybridized carbons (Fsp3) is 0.900. The van der Waals surface area contributed by atoms with Gasteiger partial charge < -0.3 is 4.74 Å². The molecule has 0 aromatic carbocycles. The molecular formula is C10H19O. The molecular weight excluding hydrogens is 136 g/mol. The molecule has 1 unspecified atom stereocenters. The Balaban J connectivity index is 2.13. The third kappa shape index (κ3) is 3.24. The zero-order chi connectivity index (χ0) is 8.10. The van der Waals surface area contributed by atoms with Crippen LogP contribution in [0.4, 0.5) is 0 Å². The van der Waals surface area contributed by atoms with E-state index in [1.165, 1.54) is 32.1 Å². The summed E-state index contributed by atoms with van der Waals surface area (Å²) in [4.78, 5) is 0. The van der Waals surface area contributed by atoms with Gasteiger partial charge in [-0.1, -0.05) is 26.2 Å². The first kappa shape index (κ1) is 9.05. The molecule has 1 nitrogen and oxygen atoms in total. The van der Waals surface area contributed by atoms with Crippen molar-refractivity contribution in [1.82, 2.24) is 0 Å². The van der Waals surface area contributed by atoms with Gasteiger partial charge in [0.2, 0.25) is 0 Å². The second-order valence-electron chi connectivity index (χ2n) is 3.43. The molecule has 0 saturated heterocycles. The van der Waals surface area contributed by atoms with Crippen LogP contribution in [0.25, 0.3) is 0 Å².